The quantitative estimate of drug-likeness (QED) is 0.127. The molecule has 0 unspecified atom stereocenters. The van der Waals surface area contributed by atoms with Crippen LogP contribution in [0.2, 0.25) is 0 Å². The molecular weight excluding hydrogens is 1590 g/mol. The molecular formula is C114H72N12O3. The van der Waals surface area contributed by atoms with Crippen molar-refractivity contribution < 1.29 is 13.3 Å². The van der Waals surface area contributed by atoms with Gasteiger partial charge < -0.3 is 13.3 Å². The number of hydrogen-bond donors (Lipinski definition) is 0. The fourth-order valence-corrected chi connectivity index (χ4v) is 19.2. The van der Waals surface area contributed by atoms with E-state index in [2.05, 4.69) is 264 Å². The number of para-hydroxylation sites is 6. The highest BCUT2D eigenvalue weighted by atomic mass is 16.3. The van der Waals surface area contributed by atoms with Crippen LogP contribution in [-0.4, -0.2) is 58.6 Å². The SMILES string of the molecule is CC1(C)c2ccccc2-c2ccc(-c3nc(-c4ccccc4)nc(-n4c5ccccc5c5c6oc7ccccc7c6ccc54)n3)cc21.c1ccc(-c2ccc(-c3nc(-c4ccccc4)nc(-n4c5ccccc5c5c6oc7ccccc7c6ccc54)n3)cc2)cc1.c1ccc(-c2nc(-c3ccccc3)nc(-n3c4ccccc4c4c5oc6ccccc6c5ccc43)n2)cc1. The molecule has 0 spiro atoms. The molecule has 0 N–H and O–H groups in total. The van der Waals surface area contributed by atoms with Gasteiger partial charge in [-0.2, -0.15) is 29.9 Å². The third-order valence-electron chi connectivity index (χ3n) is 25.2. The molecule has 0 saturated carbocycles. The van der Waals surface area contributed by atoms with E-state index in [1.54, 1.807) is 0 Å². The van der Waals surface area contributed by atoms with E-state index >= 15 is 0 Å². The monoisotopic (exact) mass is 1660 g/mol. The van der Waals surface area contributed by atoms with Crippen molar-refractivity contribution in [2.24, 2.45) is 0 Å². The molecule has 0 aliphatic heterocycles. The number of aromatic nitrogens is 12. The average molecular weight is 1660 g/mol. The minimum absolute atomic E-state index is 0.134. The number of benzene rings is 17. The van der Waals surface area contributed by atoms with Gasteiger partial charge in [-0.15, -0.1) is 0 Å². The molecule has 1 aliphatic carbocycles. The molecule has 0 fully saturated rings. The van der Waals surface area contributed by atoms with E-state index in [-0.39, 0.29) is 5.41 Å². The molecule has 1 aliphatic rings. The van der Waals surface area contributed by atoms with Crippen molar-refractivity contribution >= 4 is 131 Å². The summed E-state index contributed by atoms with van der Waals surface area (Å²) >= 11 is 0. The van der Waals surface area contributed by atoms with Crippen LogP contribution in [0.4, 0.5) is 0 Å². The Morgan fingerprint density at radius 3 is 0.822 bits per heavy atom. The first-order valence-corrected chi connectivity index (χ1v) is 43.1. The van der Waals surface area contributed by atoms with Gasteiger partial charge in [0.05, 0.1) is 49.3 Å². The van der Waals surface area contributed by atoms with Gasteiger partial charge in [-0.1, -0.05) is 335 Å². The molecule has 17 aromatic carbocycles. The summed E-state index contributed by atoms with van der Waals surface area (Å²) in [4.78, 5) is 45.5. The largest absolute Gasteiger partial charge is 0.455 e. The van der Waals surface area contributed by atoms with Crippen LogP contribution >= 0.6 is 0 Å². The van der Waals surface area contributed by atoms with Crippen LogP contribution in [0, 0.1) is 0 Å². The molecule has 0 atom stereocenters. The highest BCUT2D eigenvalue weighted by Gasteiger charge is 2.36. The molecule has 0 amide bonds. The lowest BCUT2D eigenvalue weighted by molar-refractivity contribution is 0.660. The number of furan rings is 3. The topological polar surface area (TPSA) is 170 Å². The van der Waals surface area contributed by atoms with Crippen molar-refractivity contribution in [3.05, 3.63) is 412 Å². The second kappa shape index (κ2) is 29.9. The molecule has 606 valence electrons. The zero-order valence-electron chi connectivity index (χ0n) is 69.7. The molecule has 26 aromatic rings. The third kappa shape index (κ3) is 12.3. The Morgan fingerprint density at radius 1 is 0.194 bits per heavy atom. The maximum absolute atomic E-state index is 6.53. The standard InChI is InChI=1S/C42H28N4O.C39H24N4O.C33H20N4O/c1-42(2)32-17-9-6-14-27(32)28-21-20-26(24-33(28)42)40-43-39(25-12-4-3-5-13-25)44-41(45-40)46-34-18-10-7-16-31(34)37-35(46)23-22-30-29-15-8-11-19-36(29)47-38(30)37;1-3-11-25(12-4-1)26-19-21-28(22-20-26)38-40-37(27-13-5-2-6-14-27)41-39(42-38)43-32-17-9-7-16-31(32)35-33(43)24-23-30-29-15-8-10-18-34(29)44-36(30)35;1-3-11-21(12-4-1)31-34-32(22-13-5-2-6-14-22)36-33(35-31)37-26-17-9-7-16-25(26)29-27(37)20-19-24-23-15-8-10-18-28(23)38-30(24)29/h3-24H,1-2H3;1-24H;1-20H. The van der Waals surface area contributed by atoms with Gasteiger partial charge in [0.15, 0.2) is 34.9 Å². The first-order valence-electron chi connectivity index (χ1n) is 43.1. The van der Waals surface area contributed by atoms with Crippen LogP contribution in [0.25, 0.3) is 240 Å². The molecule has 15 heteroatoms. The summed E-state index contributed by atoms with van der Waals surface area (Å²) in [5.74, 6) is 5.46. The van der Waals surface area contributed by atoms with Crippen molar-refractivity contribution in [1.29, 1.82) is 0 Å². The molecule has 129 heavy (non-hydrogen) atoms. The fourth-order valence-electron chi connectivity index (χ4n) is 19.2. The smallest absolute Gasteiger partial charge is 0.238 e. The molecule has 0 radical (unpaired) electrons. The highest BCUT2D eigenvalue weighted by Crippen LogP contribution is 2.51. The Balaban J connectivity index is 0.000000105. The molecule has 0 bridgehead atoms. The summed E-state index contributed by atoms with van der Waals surface area (Å²) in [6.07, 6.45) is 0. The summed E-state index contributed by atoms with van der Waals surface area (Å²) < 4.78 is 25.9. The van der Waals surface area contributed by atoms with Crippen LogP contribution in [-0.2, 0) is 5.41 Å². The van der Waals surface area contributed by atoms with E-state index in [9.17, 15) is 0 Å². The predicted molar refractivity (Wildman–Crippen MR) is 520 cm³/mol. The lowest BCUT2D eigenvalue weighted by Crippen LogP contribution is -2.15. The van der Waals surface area contributed by atoms with Crippen LogP contribution in [0.3, 0.4) is 0 Å². The Bertz CT molecular complexity index is 8910. The number of rotatable bonds is 10. The second-order valence-corrected chi connectivity index (χ2v) is 33.0. The number of hydrogen-bond acceptors (Lipinski definition) is 12. The van der Waals surface area contributed by atoms with E-state index in [1.165, 1.54) is 27.8 Å². The highest BCUT2D eigenvalue weighted by molar-refractivity contribution is 6.26. The van der Waals surface area contributed by atoms with Gasteiger partial charge >= 0.3 is 0 Å². The summed E-state index contributed by atoms with van der Waals surface area (Å²) in [5, 5.41) is 13.0. The Kier molecular flexibility index (Phi) is 17.2. The molecule has 9 heterocycles. The normalized spacial score (nSPS) is 12.3. The van der Waals surface area contributed by atoms with Gasteiger partial charge in [0.25, 0.3) is 0 Å². The lowest BCUT2D eigenvalue weighted by Gasteiger charge is -2.21. The predicted octanol–water partition coefficient (Wildman–Crippen LogP) is 28.6. The Labute approximate surface area is 737 Å². The zero-order chi connectivity index (χ0) is 85.4. The van der Waals surface area contributed by atoms with Crippen molar-refractivity contribution in [2.45, 2.75) is 19.3 Å². The first kappa shape index (κ1) is 74.2. The van der Waals surface area contributed by atoms with Gasteiger partial charge in [0.2, 0.25) is 17.8 Å². The summed E-state index contributed by atoms with van der Waals surface area (Å²) in [6, 6.07) is 137. The van der Waals surface area contributed by atoms with Crippen LogP contribution in [0.15, 0.2) is 414 Å². The van der Waals surface area contributed by atoms with Crippen LogP contribution in [0.5, 0.6) is 0 Å². The average Bonchev–Trinajstić information content (AvgIpc) is 1.57. The minimum Gasteiger partial charge on any atom is -0.455 e. The van der Waals surface area contributed by atoms with Crippen molar-refractivity contribution in [3.8, 4) is 108 Å². The third-order valence-corrected chi connectivity index (χ3v) is 25.2. The van der Waals surface area contributed by atoms with Crippen molar-refractivity contribution in [3.63, 3.8) is 0 Å². The first-order chi connectivity index (χ1) is 63.7. The Hall–Kier alpha value is -17.4. The zero-order valence-corrected chi connectivity index (χ0v) is 69.7. The summed E-state index contributed by atoms with van der Waals surface area (Å²) in [7, 11) is 0. The molecule has 9 aromatic heterocycles. The van der Waals surface area contributed by atoms with Gasteiger partial charge in [-0.25, -0.2) is 15.0 Å². The maximum atomic E-state index is 6.53. The van der Waals surface area contributed by atoms with Gasteiger partial charge in [0, 0.05) is 87.3 Å². The number of nitrogens with zero attached hydrogens (tertiary/aromatic N) is 12. The van der Waals surface area contributed by atoms with E-state index in [0.717, 1.165) is 170 Å². The second-order valence-electron chi connectivity index (χ2n) is 33.0. The van der Waals surface area contributed by atoms with Gasteiger partial charge in [-0.3, -0.25) is 13.7 Å². The van der Waals surface area contributed by atoms with Crippen LogP contribution in [0.1, 0.15) is 25.0 Å². The van der Waals surface area contributed by atoms with E-state index in [4.69, 9.17) is 58.1 Å². The molecule has 0 saturated heterocycles. The van der Waals surface area contributed by atoms with Crippen LogP contribution < -0.4 is 0 Å². The number of fused-ring (bicyclic) bond motifs is 24. The lowest BCUT2D eigenvalue weighted by atomic mass is 9.82. The summed E-state index contributed by atoms with van der Waals surface area (Å²) in [6.45, 7) is 4.60. The summed E-state index contributed by atoms with van der Waals surface area (Å²) in [5.41, 5.74) is 24.2. The van der Waals surface area contributed by atoms with Crippen molar-refractivity contribution in [1.82, 2.24) is 58.6 Å². The molecule has 27 rings (SSSR count). The van der Waals surface area contributed by atoms with Crippen molar-refractivity contribution in [2.75, 3.05) is 0 Å². The maximum Gasteiger partial charge on any atom is 0.238 e. The van der Waals surface area contributed by atoms with E-state index in [1.807, 2.05) is 164 Å². The van der Waals surface area contributed by atoms with E-state index in [0.29, 0.717) is 52.8 Å². The Morgan fingerprint density at radius 2 is 0.457 bits per heavy atom. The van der Waals surface area contributed by atoms with E-state index < -0.39 is 0 Å². The van der Waals surface area contributed by atoms with Gasteiger partial charge in [0.1, 0.15) is 33.5 Å². The van der Waals surface area contributed by atoms with Gasteiger partial charge in [-0.05, 0) is 112 Å². The minimum atomic E-state index is -0.134. The fraction of sp³-hybridized carbons (Fsp3) is 0.0263. The molecule has 15 nitrogen and oxygen atoms in total.